The second-order valence-corrected chi connectivity index (χ2v) is 7.51. The highest BCUT2D eigenvalue weighted by molar-refractivity contribution is 5.66. The normalized spacial score (nSPS) is 38.4. The van der Waals surface area contributed by atoms with Gasteiger partial charge in [0, 0.05) is 12.6 Å². The first kappa shape index (κ1) is 12.5. The van der Waals surface area contributed by atoms with E-state index in [0.29, 0.717) is 5.54 Å². The number of hydrogen-bond acceptors (Lipinski definition) is 3. The zero-order valence-electron chi connectivity index (χ0n) is 12.7. The van der Waals surface area contributed by atoms with Gasteiger partial charge in [0.15, 0.2) is 0 Å². The van der Waals surface area contributed by atoms with Crippen LogP contribution in [0, 0.1) is 17.8 Å². The minimum Gasteiger partial charge on any atom is -0.394 e. The van der Waals surface area contributed by atoms with Crippen LogP contribution in [0.1, 0.15) is 51.1 Å². The van der Waals surface area contributed by atoms with Crippen molar-refractivity contribution in [2.24, 2.45) is 24.8 Å². The minimum absolute atomic E-state index is 0.307. The predicted octanol–water partition coefficient (Wildman–Crippen LogP) is 2.95. The molecule has 4 saturated carbocycles. The lowest BCUT2D eigenvalue weighted by atomic mass is 9.53. The Kier molecular flexibility index (Phi) is 2.60. The van der Waals surface area contributed by atoms with Crippen LogP contribution in [-0.4, -0.2) is 15.3 Å². The van der Waals surface area contributed by atoms with E-state index in [-0.39, 0.29) is 0 Å². The number of rotatable bonds is 3. The molecule has 4 nitrogen and oxygen atoms in total. The van der Waals surface area contributed by atoms with Crippen molar-refractivity contribution in [3.05, 3.63) is 5.69 Å². The summed E-state index contributed by atoms with van der Waals surface area (Å²) in [6.07, 6.45) is 9.34. The second kappa shape index (κ2) is 4.15. The molecule has 0 aliphatic heterocycles. The smallest absolute Gasteiger partial charge is 0.148 e. The van der Waals surface area contributed by atoms with E-state index in [4.69, 9.17) is 5.73 Å². The molecule has 4 aliphatic carbocycles. The maximum Gasteiger partial charge on any atom is 0.148 e. The molecule has 20 heavy (non-hydrogen) atoms. The summed E-state index contributed by atoms with van der Waals surface area (Å²) < 4.78 is 1.95. The number of anilines is 2. The monoisotopic (exact) mass is 274 g/mol. The lowest BCUT2D eigenvalue weighted by Gasteiger charge is -2.57. The van der Waals surface area contributed by atoms with Gasteiger partial charge in [-0.1, -0.05) is 6.92 Å². The molecule has 0 spiro atoms. The van der Waals surface area contributed by atoms with Crippen molar-refractivity contribution >= 4 is 11.5 Å². The first-order valence-corrected chi connectivity index (χ1v) is 8.18. The molecule has 0 aromatic carbocycles. The van der Waals surface area contributed by atoms with Crippen LogP contribution in [0.4, 0.5) is 11.5 Å². The lowest BCUT2D eigenvalue weighted by Crippen LogP contribution is -2.55. The van der Waals surface area contributed by atoms with Gasteiger partial charge in [0.05, 0.1) is 11.4 Å². The molecule has 0 unspecified atom stereocenters. The van der Waals surface area contributed by atoms with Crippen molar-refractivity contribution in [2.45, 2.75) is 57.4 Å². The fraction of sp³-hybridized carbons (Fsp3) is 0.812. The summed E-state index contributed by atoms with van der Waals surface area (Å²) in [4.78, 5) is 0. The summed E-state index contributed by atoms with van der Waals surface area (Å²) in [5, 5.41) is 8.41. The fourth-order valence-electron chi connectivity index (χ4n) is 5.52. The average molecular weight is 274 g/mol. The molecule has 0 radical (unpaired) electrons. The Morgan fingerprint density at radius 1 is 1.20 bits per heavy atom. The highest BCUT2D eigenvalue weighted by atomic mass is 15.3. The summed E-state index contributed by atoms with van der Waals surface area (Å²) in [7, 11) is 2.01. The quantitative estimate of drug-likeness (QED) is 0.891. The van der Waals surface area contributed by atoms with Crippen molar-refractivity contribution in [2.75, 3.05) is 11.1 Å². The zero-order chi connectivity index (χ0) is 13.9. The van der Waals surface area contributed by atoms with Gasteiger partial charge in [-0.25, -0.2) is 0 Å². The molecule has 4 fully saturated rings. The molecule has 1 aromatic rings. The Morgan fingerprint density at radius 2 is 1.75 bits per heavy atom. The van der Waals surface area contributed by atoms with Gasteiger partial charge in [-0.2, -0.15) is 5.10 Å². The molecule has 1 heterocycles. The van der Waals surface area contributed by atoms with Gasteiger partial charge in [0.1, 0.15) is 5.82 Å². The van der Waals surface area contributed by atoms with E-state index >= 15 is 0 Å². The van der Waals surface area contributed by atoms with Crippen LogP contribution in [0.2, 0.25) is 0 Å². The Morgan fingerprint density at radius 3 is 2.20 bits per heavy atom. The first-order chi connectivity index (χ1) is 9.58. The molecule has 4 aliphatic rings. The van der Waals surface area contributed by atoms with Gasteiger partial charge in [-0.3, -0.25) is 4.68 Å². The van der Waals surface area contributed by atoms with Gasteiger partial charge in [-0.15, -0.1) is 0 Å². The topological polar surface area (TPSA) is 55.9 Å². The Labute approximate surface area is 121 Å². The molecule has 3 N–H and O–H groups in total. The summed E-state index contributed by atoms with van der Waals surface area (Å²) in [6, 6.07) is 0. The van der Waals surface area contributed by atoms with Crippen molar-refractivity contribution in [3.8, 4) is 0 Å². The van der Waals surface area contributed by atoms with Crippen LogP contribution in [0.25, 0.3) is 0 Å². The van der Waals surface area contributed by atoms with E-state index in [2.05, 4.69) is 17.3 Å². The molecular weight excluding hydrogens is 248 g/mol. The van der Waals surface area contributed by atoms with Gasteiger partial charge in [-0.05, 0) is 62.7 Å². The van der Waals surface area contributed by atoms with Crippen molar-refractivity contribution in [1.29, 1.82) is 0 Å². The number of nitrogens with two attached hydrogens (primary N) is 1. The van der Waals surface area contributed by atoms with Gasteiger partial charge >= 0.3 is 0 Å². The molecule has 4 bridgehead atoms. The van der Waals surface area contributed by atoms with E-state index in [1.807, 2.05) is 11.7 Å². The minimum atomic E-state index is 0.307. The molecule has 1 aromatic heterocycles. The Bertz CT molecular complexity index is 496. The fourth-order valence-corrected chi connectivity index (χ4v) is 5.52. The van der Waals surface area contributed by atoms with Crippen LogP contribution in [-0.2, 0) is 13.5 Å². The maximum atomic E-state index is 6.30. The Hall–Kier alpha value is -1.19. The Balaban J connectivity index is 1.64. The van der Waals surface area contributed by atoms with Gasteiger partial charge in [0.2, 0.25) is 0 Å². The van der Waals surface area contributed by atoms with Crippen LogP contribution < -0.4 is 11.1 Å². The van der Waals surface area contributed by atoms with E-state index in [1.54, 1.807) is 0 Å². The largest absolute Gasteiger partial charge is 0.394 e. The zero-order valence-corrected chi connectivity index (χ0v) is 12.7. The number of aryl methyl sites for hydroxylation is 2. The molecule has 110 valence electrons. The van der Waals surface area contributed by atoms with Crippen LogP contribution in [0.3, 0.4) is 0 Å². The highest BCUT2D eigenvalue weighted by Crippen LogP contribution is 2.56. The third kappa shape index (κ3) is 1.76. The van der Waals surface area contributed by atoms with Crippen molar-refractivity contribution < 1.29 is 0 Å². The summed E-state index contributed by atoms with van der Waals surface area (Å²) in [5.74, 6) is 3.92. The van der Waals surface area contributed by atoms with E-state index in [0.717, 1.165) is 41.4 Å². The SMILES string of the molecule is CCc1nn(C)c(NC23CC4CC(CC(C4)C2)C3)c1N. The summed E-state index contributed by atoms with van der Waals surface area (Å²) in [6.45, 7) is 2.12. The third-order valence-corrected chi connectivity index (χ3v) is 5.92. The first-order valence-electron chi connectivity index (χ1n) is 8.18. The van der Waals surface area contributed by atoms with Gasteiger partial charge < -0.3 is 11.1 Å². The maximum absolute atomic E-state index is 6.30. The standard InChI is InChI=1S/C16H26N4/c1-3-13-14(17)15(20(2)19-13)18-16-7-10-4-11(8-16)6-12(5-10)9-16/h10-12,18H,3-9,17H2,1-2H3. The molecule has 5 rings (SSSR count). The molecule has 0 amide bonds. The van der Waals surface area contributed by atoms with Crippen LogP contribution in [0.5, 0.6) is 0 Å². The average Bonchev–Trinajstić information content (AvgIpc) is 2.64. The lowest BCUT2D eigenvalue weighted by molar-refractivity contribution is 0.0104. The summed E-state index contributed by atoms with van der Waals surface area (Å²) >= 11 is 0. The van der Waals surface area contributed by atoms with Crippen LogP contribution >= 0.6 is 0 Å². The molecule has 0 atom stereocenters. The molecule has 4 heteroatoms. The van der Waals surface area contributed by atoms with Crippen molar-refractivity contribution in [1.82, 2.24) is 9.78 Å². The van der Waals surface area contributed by atoms with Crippen LogP contribution in [0.15, 0.2) is 0 Å². The van der Waals surface area contributed by atoms with E-state index in [9.17, 15) is 0 Å². The number of nitrogens with one attached hydrogen (secondary N) is 1. The number of nitrogen functional groups attached to an aromatic ring is 1. The third-order valence-electron chi connectivity index (χ3n) is 5.92. The van der Waals surface area contributed by atoms with Crippen molar-refractivity contribution in [3.63, 3.8) is 0 Å². The highest BCUT2D eigenvalue weighted by Gasteiger charge is 2.51. The second-order valence-electron chi connectivity index (χ2n) is 7.51. The summed E-state index contributed by atoms with van der Waals surface area (Å²) in [5.41, 5.74) is 8.50. The van der Waals surface area contributed by atoms with Gasteiger partial charge in [0.25, 0.3) is 0 Å². The number of aromatic nitrogens is 2. The predicted molar refractivity (Wildman–Crippen MR) is 81.5 cm³/mol. The van der Waals surface area contributed by atoms with E-state index in [1.165, 1.54) is 38.5 Å². The molecule has 0 saturated heterocycles. The number of nitrogens with zero attached hydrogens (tertiary/aromatic N) is 2. The molecular formula is C16H26N4. The van der Waals surface area contributed by atoms with E-state index < -0.39 is 0 Å². The number of hydrogen-bond donors (Lipinski definition) is 2.